The number of furan rings is 1. The lowest BCUT2D eigenvalue weighted by atomic mass is 9.86. The van der Waals surface area contributed by atoms with Crippen LogP contribution in [-0.4, -0.2) is 79.1 Å². The molecule has 1 aromatic rings. The zero-order valence-electron chi connectivity index (χ0n) is 15.6. The van der Waals surface area contributed by atoms with Crippen molar-refractivity contribution in [2.24, 2.45) is 5.92 Å². The van der Waals surface area contributed by atoms with Crippen LogP contribution in [-0.2, 0) is 10.5 Å². The van der Waals surface area contributed by atoms with Gasteiger partial charge in [-0.25, -0.2) is 0 Å². The van der Waals surface area contributed by atoms with Gasteiger partial charge in [0.2, 0.25) is 0 Å². The summed E-state index contributed by atoms with van der Waals surface area (Å²) < 4.78 is 11.2. The Morgan fingerprint density at radius 2 is 2.12 bits per heavy atom. The molecular weight excluding hydrogens is 352 g/mol. The molecule has 3 rings (SSSR count). The third-order valence-electron chi connectivity index (χ3n) is 5.39. The van der Waals surface area contributed by atoms with E-state index < -0.39 is 0 Å². The van der Waals surface area contributed by atoms with Crippen molar-refractivity contribution in [1.29, 1.82) is 0 Å². The molecule has 2 saturated heterocycles. The maximum atomic E-state index is 12.9. The number of likely N-dealkylation sites (tertiary alicyclic amines) is 1. The highest BCUT2D eigenvalue weighted by Crippen LogP contribution is 2.28. The van der Waals surface area contributed by atoms with Gasteiger partial charge in [-0.2, -0.15) is 11.8 Å². The van der Waals surface area contributed by atoms with Gasteiger partial charge in [-0.05, 0) is 43.6 Å². The molecule has 0 spiro atoms. The molecule has 1 amide bonds. The van der Waals surface area contributed by atoms with Crippen molar-refractivity contribution < 1.29 is 19.1 Å². The van der Waals surface area contributed by atoms with Gasteiger partial charge in [-0.15, -0.1) is 0 Å². The first-order chi connectivity index (χ1) is 12.7. The van der Waals surface area contributed by atoms with E-state index in [-0.39, 0.29) is 12.5 Å². The van der Waals surface area contributed by atoms with Crippen LogP contribution in [0.25, 0.3) is 0 Å². The fourth-order valence-corrected chi connectivity index (χ4v) is 4.54. The first kappa shape index (κ1) is 19.7. The summed E-state index contributed by atoms with van der Waals surface area (Å²) in [6.45, 7) is 5.20. The summed E-state index contributed by atoms with van der Waals surface area (Å²) >= 11 is 1.68. The second kappa shape index (κ2) is 9.78. The summed E-state index contributed by atoms with van der Waals surface area (Å²) in [7, 11) is 0. The molecule has 2 aliphatic heterocycles. The molecule has 0 radical (unpaired) electrons. The van der Waals surface area contributed by atoms with Crippen LogP contribution in [0, 0.1) is 5.92 Å². The van der Waals surface area contributed by atoms with Gasteiger partial charge < -0.3 is 19.2 Å². The Kier molecular flexibility index (Phi) is 7.42. The van der Waals surface area contributed by atoms with E-state index in [1.807, 2.05) is 17.2 Å². The van der Waals surface area contributed by atoms with Crippen molar-refractivity contribution in [3.8, 4) is 0 Å². The number of nitrogens with zero attached hydrogens (tertiary/aromatic N) is 2. The Labute approximate surface area is 159 Å². The van der Waals surface area contributed by atoms with E-state index in [0.717, 1.165) is 70.2 Å². The van der Waals surface area contributed by atoms with Gasteiger partial charge in [0.1, 0.15) is 5.76 Å². The lowest BCUT2D eigenvalue weighted by Crippen LogP contribution is -2.55. The van der Waals surface area contributed by atoms with Crippen LogP contribution in [0.5, 0.6) is 0 Å². The number of carbonyl (C=O) groups is 1. The highest BCUT2D eigenvalue weighted by molar-refractivity contribution is 7.97. The Balaban J connectivity index is 1.65. The predicted octanol–water partition coefficient (Wildman–Crippen LogP) is 2.08. The van der Waals surface area contributed by atoms with Crippen LogP contribution >= 0.6 is 11.8 Å². The first-order valence-corrected chi connectivity index (χ1v) is 10.9. The van der Waals surface area contributed by atoms with Gasteiger partial charge in [0, 0.05) is 38.8 Å². The summed E-state index contributed by atoms with van der Waals surface area (Å²) in [5.41, 5.74) is 0. The normalized spacial score (nSPS) is 24.8. The number of morpholine rings is 1. The van der Waals surface area contributed by atoms with Crippen molar-refractivity contribution in [1.82, 2.24) is 9.80 Å². The third-order valence-corrected chi connectivity index (χ3v) is 5.96. The minimum atomic E-state index is -0.00761. The number of hydrogen-bond donors (Lipinski definition) is 1. The smallest absolute Gasteiger partial charge is 0.289 e. The summed E-state index contributed by atoms with van der Waals surface area (Å²) in [4.78, 5) is 17.3. The summed E-state index contributed by atoms with van der Waals surface area (Å²) in [6.07, 6.45) is 4.72. The fraction of sp³-hybridized carbons (Fsp3) is 0.737. The average Bonchev–Trinajstić information content (AvgIpc) is 3.15. The Hall–Kier alpha value is -1.02. The highest BCUT2D eigenvalue weighted by Gasteiger charge is 2.36. The van der Waals surface area contributed by atoms with Crippen molar-refractivity contribution in [2.75, 3.05) is 52.3 Å². The minimum Gasteiger partial charge on any atom is -0.455 e. The molecular formula is C19H30N2O4S. The average molecular weight is 383 g/mol. The van der Waals surface area contributed by atoms with E-state index in [0.29, 0.717) is 17.7 Å². The molecule has 0 aromatic carbocycles. The SMILES string of the molecule is CSCc1ccc(C(=O)N2CC[C@H](N3CCOCC3)[C@H](CCCO)C2)o1. The van der Waals surface area contributed by atoms with E-state index in [4.69, 9.17) is 9.15 Å². The van der Waals surface area contributed by atoms with Crippen LogP contribution in [0.3, 0.4) is 0 Å². The fourth-order valence-electron chi connectivity index (χ4n) is 4.10. The molecule has 0 bridgehead atoms. The largest absolute Gasteiger partial charge is 0.455 e. The molecule has 6 nitrogen and oxygen atoms in total. The number of hydrogen-bond acceptors (Lipinski definition) is 6. The molecule has 3 heterocycles. The molecule has 0 saturated carbocycles. The van der Waals surface area contributed by atoms with Crippen LogP contribution in [0.1, 0.15) is 35.6 Å². The van der Waals surface area contributed by atoms with Gasteiger partial charge in [0.25, 0.3) is 5.91 Å². The zero-order chi connectivity index (χ0) is 18.4. The highest BCUT2D eigenvalue weighted by atomic mass is 32.2. The molecule has 0 unspecified atom stereocenters. The molecule has 1 N–H and O–H groups in total. The second-order valence-corrected chi connectivity index (χ2v) is 7.95. The number of rotatable bonds is 7. The van der Waals surface area contributed by atoms with Crippen molar-refractivity contribution in [3.63, 3.8) is 0 Å². The Morgan fingerprint density at radius 3 is 2.85 bits per heavy atom. The summed E-state index contributed by atoms with van der Waals surface area (Å²) in [5, 5.41) is 9.27. The van der Waals surface area contributed by atoms with Gasteiger partial charge >= 0.3 is 0 Å². The molecule has 1 aromatic heterocycles. The molecule has 146 valence electrons. The van der Waals surface area contributed by atoms with E-state index in [1.165, 1.54) is 0 Å². The Bertz CT molecular complexity index is 574. The molecule has 2 fully saturated rings. The monoisotopic (exact) mass is 382 g/mol. The van der Waals surface area contributed by atoms with Crippen LogP contribution in [0.4, 0.5) is 0 Å². The topological polar surface area (TPSA) is 66.2 Å². The van der Waals surface area contributed by atoms with Gasteiger partial charge in [-0.3, -0.25) is 9.69 Å². The number of thioether (sulfide) groups is 1. The number of ether oxygens (including phenoxy) is 1. The molecule has 2 atom stereocenters. The number of aliphatic hydroxyl groups excluding tert-OH is 1. The minimum absolute atomic E-state index is 0.00761. The van der Waals surface area contributed by atoms with E-state index in [1.54, 1.807) is 17.8 Å². The van der Waals surface area contributed by atoms with Gasteiger partial charge in [0.05, 0.1) is 19.0 Å². The number of aliphatic hydroxyl groups is 1. The first-order valence-electron chi connectivity index (χ1n) is 9.52. The summed E-state index contributed by atoms with van der Waals surface area (Å²) in [5.74, 6) is 2.46. The standard InChI is InChI=1S/C19H30N2O4S/c1-26-14-16-4-5-18(25-16)19(23)21-7-6-17(15(13-21)3-2-10-22)20-8-11-24-12-9-20/h4-5,15,17,22H,2-3,6-14H2,1H3/t15-,17+/m1/s1. The third kappa shape index (κ3) is 4.82. The molecule has 7 heteroatoms. The van der Waals surface area contributed by atoms with Crippen molar-refractivity contribution in [3.05, 3.63) is 23.7 Å². The number of amides is 1. The van der Waals surface area contributed by atoms with Crippen molar-refractivity contribution >= 4 is 17.7 Å². The van der Waals surface area contributed by atoms with Gasteiger partial charge in [0.15, 0.2) is 5.76 Å². The van der Waals surface area contributed by atoms with E-state index in [9.17, 15) is 9.90 Å². The lowest BCUT2D eigenvalue weighted by Gasteiger charge is -2.45. The summed E-state index contributed by atoms with van der Waals surface area (Å²) in [6, 6.07) is 4.16. The zero-order valence-corrected chi connectivity index (χ0v) is 16.4. The van der Waals surface area contributed by atoms with E-state index >= 15 is 0 Å². The molecule has 0 aliphatic carbocycles. The van der Waals surface area contributed by atoms with Crippen LogP contribution in [0.15, 0.2) is 16.5 Å². The number of piperidine rings is 1. The molecule has 26 heavy (non-hydrogen) atoms. The predicted molar refractivity (Wildman–Crippen MR) is 102 cm³/mol. The van der Waals surface area contributed by atoms with Crippen molar-refractivity contribution in [2.45, 2.75) is 31.1 Å². The quantitative estimate of drug-likeness (QED) is 0.779. The van der Waals surface area contributed by atoms with E-state index in [2.05, 4.69) is 4.90 Å². The maximum absolute atomic E-state index is 12.9. The van der Waals surface area contributed by atoms with Gasteiger partial charge in [-0.1, -0.05) is 0 Å². The molecule has 2 aliphatic rings. The van der Waals surface area contributed by atoms with Crippen LogP contribution in [0.2, 0.25) is 0 Å². The number of carbonyl (C=O) groups excluding carboxylic acids is 1. The second-order valence-electron chi connectivity index (χ2n) is 7.08. The van der Waals surface area contributed by atoms with Crippen LogP contribution < -0.4 is 0 Å². The Morgan fingerprint density at radius 1 is 1.31 bits per heavy atom. The lowest BCUT2D eigenvalue weighted by molar-refractivity contribution is -0.0200. The maximum Gasteiger partial charge on any atom is 0.289 e.